The molecule has 0 aliphatic carbocycles. The van der Waals surface area contributed by atoms with E-state index >= 15 is 0 Å². The third-order valence-corrected chi connectivity index (χ3v) is 3.26. The summed E-state index contributed by atoms with van der Waals surface area (Å²) >= 11 is 0. The van der Waals surface area contributed by atoms with Gasteiger partial charge in [0.05, 0.1) is 11.2 Å². The lowest BCUT2D eigenvalue weighted by Crippen LogP contribution is -2.34. The first-order valence-electron chi connectivity index (χ1n) is 6.20. The number of hydrogen-bond donors (Lipinski definition) is 0. The number of methoxy groups -OCH3 is 1. The van der Waals surface area contributed by atoms with Gasteiger partial charge >= 0.3 is 0 Å². The van der Waals surface area contributed by atoms with Gasteiger partial charge in [-0.2, -0.15) is 0 Å². The molecule has 2 heterocycles. The maximum atomic E-state index is 12.1. The fourth-order valence-electron chi connectivity index (χ4n) is 2.41. The van der Waals surface area contributed by atoms with E-state index in [1.165, 1.54) is 11.9 Å². The number of aromatic nitrogens is 4. The van der Waals surface area contributed by atoms with Gasteiger partial charge in [0, 0.05) is 12.5 Å². The van der Waals surface area contributed by atoms with Gasteiger partial charge in [-0.1, -0.05) is 34.8 Å². The molecule has 0 aliphatic rings. The maximum absolute atomic E-state index is 12.1. The highest BCUT2D eigenvalue weighted by molar-refractivity contribution is 5.74. The lowest BCUT2D eigenvalue weighted by molar-refractivity contribution is -0.783. The first-order chi connectivity index (χ1) is 9.63. The molecule has 0 bridgehead atoms. The quantitative estimate of drug-likeness (QED) is 0.579. The van der Waals surface area contributed by atoms with E-state index in [1.807, 2.05) is 37.3 Å². The number of fused-ring (bicyclic) bond motifs is 1. The molecule has 3 aromatic rings. The molecule has 102 valence electrons. The number of ether oxygens (including phenoxy) is 1. The molecule has 6 nitrogen and oxygen atoms in total. The van der Waals surface area contributed by atoms with Gasteiger partial charge in [-0.15, -0.1) is 0 Å². The number of hydrogen-bond acceptors (Lipinski definition) is 4. The second kappa shape index (κ2) is 4.48. The van der Waals surface area contributed by atoms with Gasteiger partial charge in [-0.05, 0) is 22.6 Å². The minimum absolute atomic E-state index is 0.407. The van der Waals surface area contributed by atoms with Crippen molar-refractivity contribution < 1.29 is 14.6 Å². The van der Waals surface area contributed by atoms with Crippen LogP contribution in [0.4, 0.5) is 0 Å². The highest BCUT2D eigenvalue weighted by Gasteiger charge is 2.23. The van der Waals surface area contributed by atoms with E-state index in [0.717, 1.165) is 16.8 Å². The van der Waals surface area contributed by atoms with Crippen LogP contribution in [0.25, 0.3) is 22.7 Å². The van der Waals surface area contributed by atoms with E-state index < -0.39 is 5.95 Å². The Hall–Kier alpha value is -2.63. The predicted molar refractivity (Wildman–Crippen MR) is 70.0 cm³/mol. The summed E-state index contributed by atoms with van der Waals surface area (Å²) < 4.78 is 6.56. The number of nitrogens with zero attached hydrogens (tertiary/aromatic N) is 4. The van der Waals surface area contributed by atoms with Gasteiger partial charge in [0.15, 0.2) is 0 Å². The molecule has 0 atom stereocenters. The molecular weight excluding hydrogens is 256 g/mol. The molecule has 1 aromatic carbocycles. The van der Waals surface area contributed by atoms with Crippen molar-refractivity contribution in [1.29, 1.82) is 0 Å². The first kappa shape index (κ1) is 12.4. The van der Waals surface area contributed by atoms with Crippen LogP contribution in [-0.4, -0.2) is 21.9 Å². The number of aryl methyl sites for hydroxylation is 2. The zero-order valence-electron chi connectivity index (χ0n) is 11.5. The Balaban J connectivity index is 2.49. The Bertz CT molecular complexity index is 824. The van der Waals surface area contributed by atoms with Crippen LogP contribution in [0.1, 0.15) is 5.69 Å². The molecule has 6 heteroatoms. The van der Waals surface area contributed by atoms with E-state index in [0.29, 0.717) is 10.9 Å². The van der Waals surface area contributed by atoms with Crippen molar-refractivity contribution >= 4 is 11.6 Å². The largest absolute Gasteiger partial charge is 0.616 e. The Morgan fingerprint density at radius 1 is 1.30 bits per heavy atom. The van der Waals surface area contributed by atoms with Crippen LogP contribution in [0.15, 0.2) is 30.3 Å². The number of rotatable bonds is 2. The normalized spacial score (nSPS) is 12.8. The molecule has 0 unspecified atom stereocenters. The zero-order valence-corrected chi connectivity index (χ0v) is 11.5. The molecule has 0 spiro atoms. The van der Waals surface area contributed by atoms with E-state index in [-0.39, 0.29) is 0 Å². The second-order valence-electron chi connectivity index (χ2n) is 4.51. The van der Waals surface area contributed by atoms with E-state index in [1.54, 1.807) is 11.6 Å². The average Bonchev–Trinajstić information content (AvgIpc) is 2.96. The van der Waals surface area contributed by atoms with Crippen LogP contribution < -0.4 is 15.1 Å². The summed E-state index contributed by atoms with van der Waals surface area (Å²) in [7, 11) is 3.09. The Morgan fingerprint density at radius 3 is 2.65 bits per heavy atom. The van der Waals surface area contributed by atoms with Crippen molar-refractivity contribution in [1.82, 2.24) is 14.8 Å². The highest BCUT2D eigenvalue weighted by Crippen LogP contribution is 2.21. The summed E-state index contributed by atoms with van der Waals surface area (Å²) in [5.41, 5.74) is 3.13. The van der Waals surface area contributed by atoms with Crippen molar-refractivity contribution in [3.8, 4) is 11.1 Å². The van der Waals surface area contributed by atoms with Crippen molar-refractivity contribution in [2.75, 3.05) is 7.11 Å². The fraction of sp³-hybridized carbons (Fsp3) is 0.214. The van der Waals surface area contributed by atoms with E-state index in [4.69, 9.17) is 4.74 Å². The fourth-order valence-corrected chi connectivity index (χ4v) is 2.41. The van der Waals surface area contributed by atoms with Gasteiger partial charge in [0.25, 0.3) is 5.65 Å². The topological polar surface area (TPSA) is 66.4 Å². The smallest absolute Gasteiger partial charge is 0.298 e. The predicted octanol–water partition coefficient (Wildman–Crippen LogP) is -0.679. The van der Waals surface area contributed by atoms with Crippen LogP contribution in [0.3, 0.4) is 0 Å². The van der Waals surface area contributed by atoms with Crippen LogP contribution >= 0.6 is 0 Å². The molecule has 3 rings (SSSR count). The first-order valence-corrected chi connectivity index (χ1v) is 6.20. The van der Waals surface area contributed by atoms with Crippen LogP contribution in [0.2, 0.25) is 0 Å². The maximum Gasteiger partial charge on any atom is 0.298 e. The molecule has 0 aliphatic heterocycles. The summed E-state index contributed by atoms with van der Waals surface area (Å²) in [6, 6.07) is 9.70. The number of tetrazole rings is 1. The third-order valence-electron chi connectivity index (χ3n) is 3.26. The second-order valence-corrected chi connectivity index (χ2v) is 4.51. The van der Waals surface area contributed by atoms with Gasteiger partial charge in [-0.25, -0.2) is 0 Å². The van der Waals surface area contributed by atoms with Gasteiger partial charge in [0.1, 0.15) is 18.0 Å². The van der Waals surface area contributed by atoms with Gasteiger partial charge in [-0.3, -0.25) is 0 Å². The Kier molecular flexibility index (Phi) is 2.78. The average molecular weight is 270 g/mol. The molecule has 0 saturated carbocycles. The van der Waals surface area contributed by atoms with Crippen molar-refractivity contribution in [2.24, 2.45) is 7.05 Å². The molecule has 0 N–H and O–H groups in total. The summed E-state index contributed by atoms with van der Waals surface area (Å²) in [5.74, 6) is -0.407. The summed E-state index contributed by atoms with van der Waals surface area (Å²) in [4.78, 5) is 1.43. The molecular formula is C14H14N4O2. The Morgan fingerprint density at radius 2 is 2.00 bits per heavy atom. The summed E-state index contributed by atoms with van der Waals surface area (Å²) in [6.45, 7) is 1.91. The molecule has 0 saturated heterocycles. The molecule has 0 fully saturated rings. The monoisotopic (exact) mass is 270 g/mol. The van der Waals surface area contributed by atoms with Crippen LogP contribution in [-0.2, 0) is 11.8 Å². The minimum Gasteiger partial charge on any atom is -0.616 e. The van der Waals surface area contributed by atoms with Gasteiger partial charge in [0.2, 0.25) is 0 Å². The lowest BCUT2D eigenvalue weighted by atomic mass is 10.1. The van der Waals surface area contributed by atoms with Crippen LogP contribution in [0, 0.1) is 6.92 Å². The molecule has 2 aromatic heterocycles. The number of benzene rings is 1. The van der Waals surface area contributed by atoms with Gasteiger partial charge < -0.3 is 9.84 Å². The van der Waals surface area contributed by atoms with Crippen molar-refractivity contribution in [3.05, 3.63) is 41.2 Å². The highest BCUT2D eigenvalue weighted by atomic mass is 16.6. The minimum atomic E-state index is -0.407. The van der Waals surface area contributed by atoms with Crippen LogP contribution in [0.5, 0.6) is 0 Å². The zero-order chi connectivity index (χ0) is 14.3. The molecule has 0 radical (unpaired) electrons. The Labute approximate surface area is 115 Å². The van der Waals surface area contributed by atoms with E-state index in [9.17, 15) is 5.11 Å². The lowest BCUT2D eigenvalue weighted by Gasteiger charge is -2.08. The molecule has 20 heavy (non-hydrogen) atoms. The standard InChI is InChI=1S/C14H14N4O2/c1-9-11(10-7-5-4-6-8-10)12(14(19)20-3)13-15-17(2)16-18(9)13/h4-8H,1-3H3. The summed E-state index contributed by atoms with van der Waals surface area (Å²) in [6.07, 6.45) is 0. The van der Waals surface area contributed by atoms with Crippen molar-refractivity contribution in [2.45, 2.75) is 6.92 Å². The third kappa shape index (κ3) is 1.69. The SMILES string of the molecule is CO/C([O-])=c1/c(-c2ccccc2)c(C)n2n[n+](C)nc12. The molecule has 0 amide bonds. The summed E-state index contributed by atoms with van der Waals surface area (Å²) in [5, 5.41) is 21.1. The van der Waals surface area contributed by atoms with E-state index in [2.05, 4.69) is 10.3 Å². The van der Waals surface area contributed by atoms with Crippen molar-refractivity contribution in [3.63, 3.8) is 0 Å².